The van der Waals surface area contributed by atoms with Crippen molar-refractivity contribution in [3.63, 3.8) is 0 Å². The smallest absolute Gasteiger partial charge is 0.263 e. The lowest BCUT2D eigenvalue weighted by Crippen LogP contribution is -2.39. The summed E-state index contributed by atoms with van der Waals surface area (Å²) in [5.74, 6) is 1.56. The molecule has 142 valence electrons. The van der Waals surface area contributed by atoms with Crippen LogP contribution in [0.1, 0.15) is 30.4 Å². The number of thiophene rings is 1. The maximum absolute atomic E-state index is 12.8. The molecule has 0 aliphatic rings. The lowest BCUT2D eigenvalue weighted by Gasteiger charge is -2.23. The van der Waals surface area contributed by atoms with Crippen molar-refractivity contribution < 1.29 is 14.1 Å². The van der Waals surface area contributed by atoms with Crippen LogP contribution in [0.15, 0.2) is 40.2 Å². The zero-order valence-corrected chi connectivity index (χ0v) is 16.7. The molecule has 1 amide bonds. The van der Waals surface area contributed by atoms with Crippen LogP contribution in [-0.2, 0) is 11.3 Å². The van der Waals surface area contributed by atoms with Gasteiger partial charge < -0.3 is 14.2 Å². The van der Waals surface area contributed by atoms with Gasteiger partial charge in [0, 0.05) is 7.05 Å². The number of ether oxygens (including phenoxy) is 1. The SMILES string of the molecule is CC[C@@H](Oc1cccc(C)c1C)C(=O)N(C)Cc1nc(-c2cccs2)no1. The Balaban J connectivity index is 1.67. The van der Waals surface area contributed by atoms with E-state index in [2.05, 4.69) is 10.1 Å². The first kappa shape index (κ1) is 19.1. The lowest BCUT2D eigenvalue weighted by atomic mass is 10.1. The van der Waals surface area contributed by atoms with Crippen molar-refractivity contribution in [1.29, 1.82) is 0 Å². The molecule has 1 atom stereocenters. The van der Waals surface area contributed by atoms with Crippen molar-refractivity contribution in [2.45, 2.75) is 39.8 Å². The molecule has 0 spiro atoms. The molecule has 0 aliphatic heterocycles. The molecule has 0 saturated heterocycles. The van der Waals surface area contributed by atoms with E-state index < -0.39 is 6.10 Å². The Kier molecular flexibility index (Phi) is 5.91. The Morgan fingerprint density at radius 1 is 1.30 bits per heavy atom. The van der Waals surface area contributed by atoms with E-state index in [0.717, 1.165) is 21.8 Å². The number of carbonyl (C=O) groups is 1. The van der Waals surface area contributed by atoms with E-state index in [9.17, 15) is 4.79 Å². The highest BCUT2D eigenvalue weighted by Crippen LogP contribution is 2.24. The van der Waals surface area contributed by atoms with Gasteiger partial charge in [0.2, 0.25) is 11.7 Å². The molecule has 0 unspecified atom stereocenters. The summed E-state index contributed by atoms with van der Waals surface area (Å²) < 4.78 is 11.3. The van der Waals surface area contributed by atoms with Gasteiger partial charge in [0.05, 0.1) is 11.4 Å². The van der Waals surface area contributed by atoms with Crippen LogP contribution in [0.2, 0.25) is 0 Å². The number of hydrogen-bond acceptors (Lipinski definition) is 6. The largest absolute Gasteiger partial charge is 0.480 e. The monoisotopic (exact) mass is 385 g/mol. The second kappa shape index (κ2) is 8.35. The highest BCUT2D eigenvalue weighted by molar-refractivity contribution is 7.13. The van der Waals surface area contributed by atoms with Gasteiger partial charge >= 0.3 is 0 Å². The number of aryl methyl sites for hydroxylation is 1. The fraction of sp³-hybridized carbons (Fsp3) is 0.350. The minimum atomic E-state index is -0.560. The average Bonchev–Trinajstić information content (AvgIpc) is 3.34. The van der Waals surface area contributed by atoms with Crippen LogP contribution < -0.4 is 4.74 Å². The third-order valence-corrected chi connectivity index (χ3v) is 5.29. The van der Waals surface area contributed by atoms with Gasteiger partial charge in [-0.15, -0.1) is 11.3 Å². The van der Waals surface area contributed by atoms with Gasteiger partial charge in [-0.1, -0.05) is 30.3 Å². The average molecular weight is 385 g/mol. The van der Waals surface area contributed by atoms with Crippen molar-refractivity contribution in [2.24, 2.45) is 0 Å². The van der Waals surface area contributed by atoms with E-state index in [-0.39, 0.29) is 12.5 Å². The Morgan fingerprint density at radius 2 is 2.11 bits per heavy atom. The topological polar surface area (TPSA) is 68.5 Å². The molecule has 3 rings (SSSR count). The minimum Gasteiger partial charge on any atom is -0.480 e. The third-order valence-electron chi connectivity index (χ3n) is 4.43. The molecule has 1 aromatic carbocycles. The van der Waals surface area contributed by atoms with E-state index in [1.807, 2.05) is 56.5 Å². The predicted molar refractivity (Wildman–Crippen MR) is 105 cm³/mol. The molecule has 0 radical (unpaired) electrons. The fourth-order valence-corrected chi connectivity index (χ4v) is 3.31. The zero-order valence-electron chi connectivity index (χ0n) is 15.9. The van der Waals surface area contributed by atoms with E-state index >= 15 is 0 Å². The van der Waals surface area contributed by atoms with Gasteiger partial charge in [-0.05, 0) is 48.9 Å². The highest BCUT2D eigenvalue weighted by Gasteiger charge is 2.24. The van der Waals surface area contributed by atoms with Gasteiger partial charge in [0.15, 0.2) is 6.10 Å². The predicted octanol–water partition coefficient (Wildman–Crippen LogP) is 4.23. The summed E-state index contributed by atoms with van der Waals surface area (Å²) in [7, 11) is 1.71. The van der Waals surface area contributed by atoms with E-state index in [1.165, 1.54) is 0 Å². The molecule has 2 heterocycles. The first-order valence-corrected chi connectivity index (χ1v) is 9.71. The number of nitrogens with zero attached hydrogens (tertiary/aromatic N) is 3. The van der Waals surface area contributed by atoms with Gasteiger partial charge in [-0.2, -0.15) is 4.98 Å². The van der Waals surface area contributed by atoms with Crippen molar-refractivity contribution in [3.05, 3.63) is 52.7 Å². The first-order chi connectivity index (χ1) is 13.0. The number of hydrogen-bond donors (Lipinski definition) is 0. The normalized spacial score (nSPS) is 12.0. The molecule has 0 N–H and O–H groups in total. The van der Waals surface area contributed by atoms with E-state index in [4.69, 9.17) is 9.26 Å². The highest BCUT2D eigenvalue weighted by atomic mass is 32.1. The molecular weight excluding hydrogens is 362 g/mol. The quantitative estimate of drug-likeness (QED) is 0.609. The van der Waals surface area contributed by atoms with Crippen LogP contribution in [0, 0.1) is 13.8 Å². The van der Waals surface area contributed by atoms with E-state index in [0.29, 0.717) is 18.1 Å². The molecule has 27 heavy (non-hydrogen) atoms. The fourth-order valence-electron chi connectivity index (χ4n) is 2.67. The van der Waals surface area contributed by atoms with Crippen molar-refractivity contribution in [3.8, 4) is 16.5 Å². The number of aromatic nitrogens is 2. The zero-order chi connectivity index (χ0) is 19.4. The molecule has 3 aromatic rings. The Labute approximate surface area is 162 Å². The second-order valence-electron chi connectivity index (χ2n) is 6.40. The van der Waals surface area contributed by atoms with Gasteiger partial charge in [0.25, 0.3) is 5.91 Å². The molecule has 7 heteroatoms. The molecule has 0 aliphatic carbocycles. The summed E-state index contributed by atoms with van der Waals surface area (Å²) in [6, 6.07) is 9.71. The van der Waals surface area contributed by atoms with Crippen LogP contribution in [0.3, 0.4) is 0 Å². The maximum atomic E-state index is 12.8. The number of carbonyl (C=O) groups excluding carboxylic acids is 1. The maximum Gasteiger partial charge on any atom is 0.263 e. The molecular formula is C20H23N3O3S. The molecule has 6 nitrogen and oxygen atoms in total. The van der Waals surface area contributed by atoms with Gasteiger partial charge in [-0.3, -0.25) is 4.79 Å². The van der Waals surface area contributed by atoms with Crippen molar-refractivity contribution in [2.75, 3.05) is 7.05 Å². The van der Waals surface area contributed by atoms with Crippen LogP contribution in [-0.4, -0.2) is 34.1 Å². The minimum absolute atomic E-state index is 0.116. The summed E-state index contributed by atoms with van der Waals surface area (Å²) in [4.78, 5) is 19.7. The van der Waals surface area contributed by atoms with Crippen molar-refractivity contribution >= 4 is 17.2 Å². The summed E-state index contributed by atoms with van der Waals surface area (Å²) in [6.07, 6.45) is 0.0103. The molecule has 2 aromatic heterocycles. The van der Waals surface area contributed by atoms with Crippen LogP contribution in [0.25, 0.3) is 10.7 Å². The Bertz CT molecular complexity index is 905. The Hall–Kier alpha value is -2.67. The van der Waals surface area contributed by atoms with Gasteiger partial charge in [0.1, 0.15) is 5.75 Å². The summed E-state index contributed by atoms with van der Waals surface area (Å²) in [5.41, 5.74) is 2.18. The van der Waals surface area contributed by atoms with Gasteiger partial charge in [-0.25, -0.2) is 0 Å². The lowest BCUT2D eigenvalue weighted by molar-refractivity contribution is -0.138. The standard InChI is InChI=1S/C20H23N3O3S/c1-5-15(25-16-9-6-8-13(2)14(16)3)20(24)23(4)12-18-21-19(22-26-18)17-10-7-11-27-17/h6-11,15H,5,12H2,1-4H3/t15-/m1/s1. The van der Waals surface area contributed by atoms with Crippen LogP contribution in [0.5, 0.6) is 5.75 Å². The number of benzene rings is 1. The number of likely N-dealkylation sites (N-methyl/N-ethyl adjacent to an activating group) is 1. The summed E-state index contributed by atoms with van der Waals surface area (Å²) in [6.45, 7) is 6.20. The van der Waals surface area contributed by atoms with Crippen LogP contribution in [0.4, 0.5) is 0 Å². The van der Waals surface area contributed by atoms with Crippen molar-refractivity contribution in [1.82, 2.24) is 15.0 Å². The molecule has 0 bridgehead atoms. The van der Waals surface area contributed by atoms with E-state index in [1.54, 1.807) is 23.3 Å². The molecule has 0 fully saturated rings. The first-order valence-electron chi connectivity index (χ1n) is 8.84. The third kappa shape index (κ3) is 4.36. The Morgan fingerprint density at radius 3 is 2.81 bits per heavy atom. The number of rotatable bonds is 7. The van der Waals surface area contributed by atoms with Crippen LogP contribution >= 0.6 is 11.3 Å². The number of amides is 1. The summed E-state index contributed by atoms with van der Waals surface area (Å²) in [5, 5.41) is 5.94. The molecule has 0 saturated carbocycles. The summed E-state index contributed by atoms with van der Waals surface area (Å²) >= 11 is 1.54. The second-order valence-corrected chi connectivity index (χ2v) is 7.34.